The van der Waals surface area contributed by atoms with Crippen molar-refractivity contribution >= 4 is 5.82 Å². The molecule has 0 atom stereocenters. The third-order valence-electron chi connectivity index (χ3n) is 3.03. The molecule has 0 aromatic carbocycles. The molecular weight excluding hydrogens is 174 g/mol. The summed E-state index contributed by atoms with van der Waals surface area (Å²) >= 11 is 0. The van der Waals surface area contributed by atoms with Crippen LogP contribution in [-0.4, -0.2) is 16.7 Å². The Hall–Kier alpha value is -1.12. The monoisotopic (exact) mass is 191 g/mol. The average Bonchev–Trinajstić information content (AvgIpc) is 2.87. The van der Waals surface area contributed by atoms with Crippen LogP contribution in [0.15, 0.2) is 6.07 Å². The predicted octanol–water partition coefficient (Wildman–Crippen LogP) is 2.31. The fraction of sp³-hybridized carbons (Fsp3) is 0.636. The molecule has 14 heavy (non-hydrogen) atoms. The van der Waals surface area contributed by atoms with Crippen molar-refractivity contribution in [2.45, 2.75) is 33.6 Å². The summed E-state index contributed by atoms with van der Waals surface area (Å²) in [4.78, 5) is 0. The summed E-state index contributed by atoms with van der Waals surface area (Å²) in [5, 5.41) is 11.5. The van der Waals surface area contributed by atoms with Gasteiger partial charge in [0, 0.05) is 6.54 Å². The fourth-order valence-electron chi connectivity index (χ4n) is 1.33. The van der Waals surface area contributed by atoms with E-state index in [0.29, 0.717) is 5.41 Å². The molecule has 1 N–H and O–H groups in total. The first-order valence-electron chi connectivity index (χ1n) is 5.14. The number of nitrogens with one attached hydrogen (secondary N) is 1. The summed E-state index contributed by atoms with van der Waals surface area (Å²) in [6.07, 6.45) is 2.66. The third kappa shape index (κ3) is 2.03. The highest BCUT2D eigenvalue weighted by molar-refractivity contribution is 5.37. The zero-order chi connectivity index (χ0) is 10.2. The molecule has 1 aromatic heterocycles. The SMILES string of the molecule is Cc1cc(NCC2(C)CC2)nnc1C. The van der Waals surface area contributed by atoms with Crippen LogP contribution in [0.4, 0.5) is 5.82 Å². The molecule has 1 saturated carbocycles. The van der Waals surface area contributed by atoms with Crippen LogP contribution in [-0.2, 0) is 0 Å². The lowest BCUT2D eigenvalue weighted by Gasteiger charge is -2.10. The maximum absolute atomic E-state index is 4.11. The van der Waals surface area contributed by atoms with Gasteiger partial charge in [-0.05, 0) is 43.7 Å². The topological polar surface area (TPSA) is 37.8 Å². The molecule has 1 heterocycles. The number of hydrogen-bond acceptors (Lipinski definition) is 3. The maximum Gasteiger partial charge on any atom is 0.148 e. The van der Waals surface area contributed by atoms with Crippen LogP contribution < -0.4 is 5.32 Å². The fourth-order valence-corrected chi connectivity index (χ4v) is 1.33. The maximum atomic E-state index is 4.11. The van der Waals surface area contributed by atoms with Crippen LogP contribution in [0.25, 0.3) is 0 Å². The summed E-state index contributed by atoms with van der Waals surface area (Å²) in [5.74, 6) is 0.904. The van der Waals surface area contributed by atoms with Crippen LogP contribution in [0.1, 0.15) is 31.0 Å². The molecule has 0 aliphatic heterocycles. The lowest BCUT2D eigenvalue weighted by Crippen LogP contribution is -2.13. The van der Waals surface area contributed by atoms with Crippen molar-refractivity contribution in [1.29, 1.82) is 0 Å². The van der Waals surface area contributed by atoms with Gasteiger partial charge in [0.2, 0.25) is 0 Å². The number of nitrogens with zero attached hydrogens (tertiary/aromatic N) is 2. The molecule has 1 aliphatic carbocycles. The zero-order valence-electron chi connectivity index (χ0n) is 9.09. The number of hydrogen-bond donors (Lipinski definition) is 1. The van der Waals surface area contributed by atoms with Gasteiger partial charge in [0.15, 0.2) is 0 Å². The van der Waals surface area contributed by atoms with Gasteiger partial charge < -0.3 is 5.32 Å². The van der Waals surface area contributed by atoms with E-state index < -0.39 is 0 Å². The van der Waals surface area contributed by atoms with E-state index in [1.165, 1.54) is 18.4 Å². The normalized spacial score (nSPS) is 17.9. The minimum absolute atomic E-state index is 0.514. The van der Waals surface area contributed by atoms with Gasteiger partial charge in [0.05, 0.1) is 5.69 Å². The first kappa shape index (κ1) is 9.44. The van der Waals surface area contributed by atoms with Gasteiger partial charge in [-0.2, -0.15) is 5.10 Å². The van der Waals surface area contributed by atoms with Gasteiger partial charge >= 0.3 is 0 Å². The number of rotatable bonds is 3. The van der Waals surface area contributed by atoms with E-state index in [2.05, 4.69) is 35.4 Å². The van der Waals surface area contributed by atoms with E-state index in [-0.39, 0.29) is 0 Å². The summed E-state index contributed by atoms with van der Waals surface area (Å²) in [7, 11) is 0. The molecule has 0 bridgehead atoms. The Morgan fingerprint density at radius 2 is 2.07 bits per heavy atom. The second-order valence-corrected chi connectivity index (χ2v) is 4.66. The lowest BCUT2D eigenvalue weighted by molar-refractivity contribution is 0.608. The molecule has 3 heteroatoms. The molecular formula is C11H17N3. The molecule has 2 rings (SSSR count). The Balaban J connectivity index is 1.99. The molecule has 0 radical (unpaired) electrons. The highest BCUT2D eigenvalue weighted by atomic mass is 15.2. The summed E-state index contributed by atoms with van der Waals surface area (Å²) in [6, 6.07) is 2.06. The smallest absolute Gasteiger partial charge is 0.148 e. The quantitative estimate of drug-likeness (QED) is 0.796. The minimum atomic E-state index is 0.514. The van der Waals surface area contributed by atoms with Crippen LogP contribution in [0.3, 0.4) is 0 Å². The molecule has 0 amide bonds. The summed E-state index contributed by atoms with van der Waals surface area (Å²) in [5.41, 5.74) is 2.72. The Labute approximate surface area is 84.9 Å². The molecule has 1 fully saturated rings. The lowest BCUT2D eigenvalue weighted by atomic mass is 10.1. The third-order valence-corrected chi connectivity index (χ3v) is 3.03. The van der Waals surface area contributed by atoms with Gasteiger partial charge in [-0.3, -0.25) is 0 Å². The molecule has 0 saturated heterocycles. The Morgan fingerprint density at radius 3 is 2.64 bits per heavy atom. The van der Waals surface area contributed by atoms with E-state index in [4.69, 9.17) is 0 Å². The Kier molecular flexibility index (Phi) is 2.17. The molecule has 3 nitrogen and oxygen atoms in total. The first-order valence-corrected chi connectivity index (χ1v) is 5.14. The van der Waals surface area contributed by atoms with Gasteiger partial charge in [0.25, 0.3) is 0 Å². The van der Waals surface area contributed by atoms with Crippen molar-refractivity contribution in [2.75, 3.05) is 11.9 Å². The van der Waals surface area contributed by atoms with Crippen molar-refractivity contribution in [1.82, 2.24) is 10.2 Å². The number of anilines is 1. The van der Waals surface area contributed by atoms with E-state index in [9.17, 15) is 0 Å². The van der Waals surface area contributed by atoms with Crippen molar-refractivity contribution in [3.05, 3.63) is 17.3 Å². The summed E-state index contributed by atoms with van der Waals surface area (Å²) in [6.45, 7) is 7.36. The van der Waals surface area contributed by atoms with E-state index in [1.54, 1.807) is 0 Å². The molecule has 1 aliphatic rings. The molecule has 0 spiro atoms. The molecule has 0 unspecified atom stereocenters. The van der Waals surface area contributed by atoms with Crippen molar-refractivity contribution in [3.63, 3.8) is 0 Å². The Morgan fingerprint density at radius 1 is 1.36 bits per heavy atom. The van der Waals surface area contributed by atoms with Crippen LogP contribution >= 0.6 is 0 Å². The highest BCUT2D eigenvalue weighted by Gasteiger charge is 2.36. The van der Waals surface area contributed by atoms with Gasteiger partial charge in [0.1, 0.15) is 5.82 Å². The second kappa shape index (κ2) is 3.23. The predicted molar refractivity (Wildman–Crippen MR) is 57.3 cm³/mol. The Bertz CT molecular complexity index is 342. The summed E-state index contributed by atoms with van der Waals surface area (Å²) < 4.78 is 0. The van der Waals surface area contributed by atoms with Crippen molar-refractivity contribution in [2.24, 2.45) is 5.41 Å². The standard InChI is InChI=1S/C11H17N3/c1-8-6-10(14-13-9(8)2)12-7-11(3)4-5-11/h6H,4-5,7H2,1-3H3,(H,12,14). The van der Waals surface area contributed by atoms with Gasteiger partial charge in [-0.25, -0.2) is 0 Å². The van der Waals surface area contributed by atoms with E-state index in [1.807, 2.05) is 6.92 Å². The van der Waals surface area contributed by atoms with E-state index >= 15 is 0 Å². The van der Waals surface area contributed by atoms with Gasteiger partial charge in [-0.1, -0.05) is 6.92 Å². The molecule has 1 aromatic rings. The number of aryl methyl sites for hydroxylation is 2. The van der Waals surface area contributed by atoms with Crippen molar-refractivity contribution < 1.29 is 0 Å². The van der Waals surface area contributed by atoms with Crippen molar-refractivity contribution in [3.8, 4) is 0 Å². The second-order valence-electron chi connectivity index (χ2n) is 4.66. The zero-order valence-corrected chi connectivity index (χ0v) is 9.09. The van der Waals surface area contributed by atoms with Crippen LogP contribution in [0.5, 0.6) is 0 Å². The molecule has 76 valence electrons. The van der Waals surface area contributed by atoms with Gasteiger partial charge in [-0.15, -0.1) is 5.10 Å². The van der Waals surface area contributed by atoms with Crippen LogP contribution in [0, 0.1) is 19.3 Å². The van der Waals surface area contributed by atoms with Crippen LogP contribution in [0.2, 0.25) is 0 Å². The van der Waals surface area contributed by atoms with E-state index in [0.717, 1.165) is 18.1 Å². The average molecular weight is 191 g/mol. The highest BCUT2D eigenvalue weighted by Crippen LogP contribution is 2.44. The minimum Gasteiger partial charge on any atom is -0.368 e. The largest absolute Gasteiger partial charge is 0.368 e. The first-order chi connectivity index (χ1) is 6.59. The number of aromatic nitrogens is 2.